The number of nitrogens with one attached hydrogen (secondary N) is 1. The van der Waals surface area contributed by atoms with Gasteiger partial charge in [0.2, 0.25) is 5.91 Å². The maximum atomic E-state index is 11.8. The number of thioether (sulfide) groups is 1. The SMILES string of the molecule is Cc1cc(C)nc(SCC(=O)NCc2cccc(Br)c2)n1. The van der Waals surface area contributed by atoms with Crippen molar-refractivity contribution in [2.45, 2.75) is 25.5 Å². The fraction of sp³-hybridized carbons (Fsp3) is 0.267. The van der Waals surface area contributed by atoms with Gasteiger partial charge in [-0.3, -0.25) is 4.79 Å². The number of amides is 1. The number of hydrogen-bond donors (Lipinski definition) is 1. The molecule has 0 bridgehead atoms. The lowest BCUT2D eigenvalue weighted by atomic mass is 10.2. The summed E-state index contributed by atoms with van der Waals surface area (Å²) in [6.07, 6.45) is 0. The second-order valence-corrected chi connectivity index (χ2v) is 6.49. The van der Waals surface area contributed by atoms with E-state index in [-0.39, 0.29) is 5.91 Å². The van der Waals surface area contributed by atoms with Crippen LogP contribution in [0, 0.1) is 13.8 Å². The molecule has 0 aliphatic heterocycles. The Kier molecular flexibility index (Phi) is 5.76. The highest BCUT2D eigenvalue weighted by atomic mass is 79.9. The minimum Gasteiger partial charge on any atom is -0.351 e. The molecule has 0 spiro atoms. The lowest BCUT2D eigenvalue weighted by molar-refractivity contribution is -0.118. The van der Waals surface area contributed by atoms with Crippen LogP contribution in [-0.4, -0.2) is 21.6 Å². The number of benzene rings is 1. The minimum atomic E-state index is -0.0252. The third kappa shape index (κ3) is 5.47. The van der Waals surface area contributed by atoms with Crippen molar-refractivity contribution in [1.82, 2.24) is 15.3 Å². The Morgan fingerprint density at radius 3 is 2.62 bits per heavy atom. The van der Waals surface area contributed by atoms with Crippen LogP contribution in [0.5, 0.6) is 0 Å². The van der Waals surface area contributed by atoms with Gasteiger partial charge in [-0.2, -0.15) is 0 Å². The summed E-state index contributed by atoms with van der Waals surface area (Å²) in [6.45, 7) is 4.37. The number of aryl methyl sites for hydroxylation is 2. The minimum absolute atomic E-state index is 0.0252. The van der Waals surface area contributed by atoms with Gasteiger partial charge < -0.3 is 5.32 Å². The van der Waals surface area contributed by atoms with Gasteiger partial charge in [-0.15, -0.1) is 0 Å². The van der Waals surface area contributed by atoms with Gasteiger partial charge in [0, 0.05) is 22.4 Å². The van der Waals surface area contributed by atoms with Crippen molar-refractivity contribution >= 4 is 33.6 Å². The predicted octanol–water partition coefficient (Wildman–Crippen LogP) is 3.26. The first-order chi connectivity index (χ1) is 10.0. The number of carbonyl (C=O) groups excluding carboxylic acids is 1. The molecule has 0 saturated heterocycles. The highest BCUT2D eigenvalue weighted by Gasteiger charge is 2.06. The van der Waals surface area contributed by atoms with E-state index in [0.29, 0.717) is 17.5 Å². The third-order valence-electron chi connectivity index (χ3n) is 2.67. The Labute approximate surface area is 136 Å². The second-order valence-electron chi connectivity index (χ2n) is 4.63. The Morgan fingerprint density at radius 2 is 1.95 bits per heavy atom. The van der Waals surface area contributed by atoms with E-state index in [1.54, 1.807) is 0 Å². The lowest BCUT2D eigenvalue weighted by Crippen LogP contribution is -2.24. The van der Waals surface area contributed by atoms with Crippen LogP contribution >= 0.6 is 27.7 Å². The van der Waals surface area contributed by atoms with Gasteiger partial charge in [-0.1, -0.05) is 39.8 Å². The van der Waals surface area contributed by atoms with Crippen LogP contribution in [0.2, 0.25) is 0 Å². The molecule has 1 heterocycles. The number of carbonyl (C=O) groups is 1. The Morgan fingerprint density at radius 1 is 1.24 bits per heavy atom. The monoisotopic (exact) mass is 365 g/mol. The van der Waals surface area contributed by atoms with Crippen molar-refractivity contribution in [1.29, 1.82) is 0 Å². The fourth-order valence-corrected chi connectivity index (χ4v) is 3.01. The van der Waals surface area contributed by atoms with Crippen molar-refractivity contribution < 1.29 is 4.79 Å². The van der Waals surface area contributed by atoms with Crippen LogP contribution in [0.25, 0.3) is 0 Å². The smallest absolute Gasteiger partial charge is 0.230 e. The number of halogens is 1. The molecule has 2 aromatic rings. The van der Waals surface area contributed by atoms with E-state index in [1.807, 2.05) is 44.2 Å². The zero-order valence-corrected chi connectivity index (χ0v) is 14.3. The van der Waals surface area contributed by atoms with Gasteiger partial charge >= 0.3 is 0 Å². The third-order valence-corrected chi connectivity index (χ3v) is 4.01. The molecule has 2 rings (SSSR count). The van der Waals surface area contributed by atoms with E-state index < -0.39 is 0 Å². The molecule has 0 aliphatic rings. The highest BCUT2D eigenvalue weighted by Crippen LogP contribution is 2.14. The molecular weight excluding hydrogens is 350 g/mol. The molecular formula is C15H16BrN3OS. The first-order valence-corrected chi connectivity index (χ1v) is 8.27. The maximum absolute atomic E-state index is 11.8. The molecule has 0 saturated carbocycles. The second kappa shape index (κ2) is 7.56. The topological polar surface area (TPSA) is 54.9 Å². The summed E-state index contributed by atoms with van der Waals surface area (Å²) in [5, 5.41) is 3.53. The molecule has 1 amide bonds. The van der Waals surface area contributed by atoms with Gasteiger partial charge in [0.05, 0.1) is 5.75 Å². The van der Waals surface area contributed by atoms with E-state index in [9.17, 15) is 4.79 Å². The predicted molar refractivity (Wildman–Crippen MR) is 88.2 cm³/mol. The molecule has 21 heavy (non-hydrogen) atoms. The van der Waals surface area contributed by atoms with E-state index in [0.717, 1.165) is 21.4 Å². The van der Waals surface area contributed by atoms with Gasteiger partial charge in [0.1, 0.15) is 0 Å². The molecule has 0 unspecified atom stereocenters. The van der Waals surface area contributed by atoms with E-state index in [1.165, 1.54) is 11.8 Å². The standard InChI is InChI=1S/C15H16BrN3OS/c1-10-6-11(2)19-15(18-10)21-9-14(20)17-8-12-4-3-5-13(16)7-12/h3-7H,8-9H2,1-2H3,(H,17,20). The summed E-state index contributed by atoms with van der Waals surface area (Å²) in [6, 6.07) is 9.78. The fourth-order valence-electron chi connectivity index (χ4n) is 1.79. The average molecular weight is 366 g/mol. The van der Waals surface area contributed by atoms with Crippen LogP contribution in [0.4, 0.5) is 0 Å². The van der Waals surface area contributed by atoms with Gasteiger partial charge in [0.15, 0.2) is 5.16 Å². The number of nitrogens with zero attached hydrogens (tertiary/aromatic N) is 2. The first-order valence-electron chi connectivity index (χ1n) is 6.49. The summed E-state index contributed by atoms with van der Waals surface area (Å²) in [5.74, 6) is 0.291. The first kappa shape index (κ1) is 16.0. The number of rotatable bonds is 5. The quantitative estimate of drug-likeness (QED) is 0.652. The Hall–Kier alpha value is -1.40. The Balaban J connectivity index is 1.82. The number of hydrogen-bond acceptors (Lipinski definition) is 4. The molecule has 6 heteroatoms. The summed E-state index contributed by atoms with van der Waals surface area (Å²) >= 11 is 4.76. The molecule has 1 aromatic heterocycles. The van der Waals surface area contributed by atoms with Crippen LogP contribution < -0.4 is 5.32 Å². The molecule has 0 atom stereocenters. The van der Waals surface area contributed by atoms with Crippen molar-refractivity contribution in [3.05, 3.63) is 51.8 Å². The van der Waals surface area contributed by atoms with Gasteiger partial charge in [0.25, 0.3) is 0 Å². The molecule has 0 fully saturated rings. The molecule has 4 nitrogen and oxygen atoms in total. The van der Waals surface area contributed by atoms with Crippen molar-refractivity contribution in [2.24, 2.45) is 0 Å². The molecule has 110 valence electrons. The summed E-state index contributed by atoms with van der Waals surface area (Å²) in [5.41, 5.74) is 2.89. The number of aromatic nitrogens is 2. The van der Waals surface area contributed by atoms with Crippen LogP contribution in [0.1, 0.15) is 17.0 Å². The largest absolute Gasteiger partial charge is 0.351 e. The summed E-state index contributed by atoms with van der Waals surface area (Å²) < 4.78 is 1.01. The van der Waals surface area contributed by atoms with Crippen LogP contribution in [-0.2, 0) is 11.3 Å². The zero-order valence-electron chi connectivity index (χ0n) is 11.9. The van der Waals surface area contributed by atoms with E-state index >= 15 is 0 Å². The van der Waals surface area contributed by atoms with Crippen molar-refractivity contribution in [2.75, 3.05) is 5.75 Å². The van der Waals surface area contributed by atoms with Gasteiger partial charge in [-0.05, 0) is 37.6 Å². The average Bonchev–Trinajstić information content (AvgIpc) is 2.42. The molecule has 1 N–H and O–H groups in total. The van der Waals surface area contributed by atoms with Crippen LogP contribution in [0.15, 0.2) is 40.0 Å². The van der Waals surface area contributed by atoms with Crippen LogP contribution in [0.3, 0.4) is 0 Å². The zero-order chi connectivity index (χ0) is 15.2. The highest BCUT2D eigenvalue weighted by molar-refractivity contribution is 9.10. The summed E-state index contributed by atoms with van der Waals surface area (Å²) in [4.78, 5) is 20.4. The Bertz CT molecular complexity index is 628. The molecule has 1 aromatic carbocycles. The molecule has 0 aliphatic carbocycles. The lowest BCUT2D eigenvalue weighted by Gasteiger charge is -2.06. The van der Waals surface area contributed by atoms with Crippen molar-refractivity contribution in [3.8, 4) is 0 Å². The molecule has 0 radical (unpaired) electrons. The van der Waals surface area contributed by atoms with Crippen molar-refractivity contribution in [3.63, 3.8) is 0 Å². The normalized spacial score (nSPS) is 10.4. The van der Waals surface area contributed by atoms with Gasteiger partial charge in [-0.25, -0.2) is 9.97 Å². The maximum Gasteiger partial charge on any atom is 0.230 e. The van der Waals surface area contributed by atoms with E-state index in [4.69, 9.17) is 0 Å². The van der Waals surface area contributed by atoms with E-state index in [2.05, 4.69) is 31.2 Å². The summed E-state index contributed by atoms with van der Waals surface area (Å²) in [7, 11) is 0.